The average Bonchev–Trinajstić information content (AvgIpc) is 2.80. The first kappa shape index (κ1) is 20.5. The fourth-order valence-corrected chi connectivity index (χ4v) is 4.90. The fraction of sp³-hybridized carbons (Fsp3) is 0.188. The van der Waals surface area contributed by atoms with E-state index in [0.29, 0.717) is 0 Å². The summed E-state index contributed by atoms with van der Waals surface area (Å²) < 4.78 is 0. The zero-order chi connectivity index (χ0) is 22.1. The summed E-state index contributed by atoms with van der Waals surface area (Å²) in [7, 11) is 0. The second-order valence-electron chi connectivity index (χ2n) is 9.87. The number of benzene rings is 5. The molecule has 0 nitrogen and oxygen atoms in total. The molecule has 0 aliphatic carbocycles. The minimum Gasteiger partial charge on any atom is -0.0616 e. The Morgan fingerprint density at radius 1 is 0.500 bits per heavy atom. The predicted molar refractivity (Wildman–Crippen MR) is 139 cm³/mol. The second kappa shape index (κ2) is 8.28. The van der Waals surface area contributed by atoms with Gasteiger partial charge in [-0.25, -0.2) is 0 Å². The van der Waals surface area contributed by atoms with Gasteiger partial charge in [-0.15, -0.1) is 0 Å². The third kappa shape index (κ3) is 4.06. The fourth-order valence-electron chi connectivity index (χ4n) is 4.90. The highest BCUT2D eigenvalue weighted by Gasteiger charge is 2.19. The van der Waals surface area contributed by atoms with Gasteiger partial charge in [-0.1, -0.05) is 124 Å². The minimum absolute atomic E-state index is 0.0919. The summed E-state index contributed by atoms with van der Waals surface area (Å²) in [5.41, 5.74) is 7.14. The van der Waals surface area contributed by atoms with E-state index in [0.717, 1.165) is 12.8 Å². The van der Waals surface area contributed by atoms with Crippen LogP contribution < -0.4 is 0 Å². The van der Waals surface area contributed by atoms with E-state index in [2.05, 4.69) is 124 Å². The van der Waals surface area contributed by atoms with E-state index in [1.165, 1.54) is 49.4 Å². The lowest BCUT2D eigenvalue weighted by Crippen LogP contribution is -2.15. The maximum atomic E-state index is 2.45. The predicted octanol–water partition coefficient (Wildman–Crippen LogP) is 8.47. The van der Waals surface area contributed by atoms with Crippen molar-refractivity contribution in [3.63, 3.8) is 0 Å². The van der Waals surface area contributed by atoms with Gasteiger partial charge < -0.3 is 0 Å². The van der Waals surface area contributed by atoms with Crippen LogP contribution in [-0.2, 0) is 18.3 Å². The van der Waals surface area contributed by atoms with Crippen molar-refractivity contribution in [1.82, 2.24) is 0 Å². The maximum Gasteiger partial charge on any atom is -0.00167 e. The Bertz CT molecular complexity index is 1390. The molecule has 5 rings (SSSR count). The van der Waals surface area contributed by atoms with Crippen molar-refractivity contribution in [3.05, 3.63) is 131 Å². The van der Waals surface area contributed by atoms with Gasteiger partial charge >= 0.3 is 0 Å². The Morgan fingerprint density at radius 2 is 1.03 bits per heavy atom. The third-order valence-corrected chi connectivity index (χ3v) is 6.52. The minimum atomic E-state index is 0.0919. The zero-order valence-electron chi connectivity index (χ0n) is 19.2. The highest BCUT2D eigenvalue weighted by Crippen LogP contribution is 2.31. The summed E-state index contributed by atoms with van der Waals surface area (Å²) in [6.07, 6.45) is 1.92. The monoisotopic (exact) mass is 414 g/mol. The molecule has 0 atom stereocenters. The molecule has 0 N–H and O–H groups in total. The van der Waals surface area contributed by atoms with Crippen molar-refractivity contribution in [2.24, 2.45) is 0 Å². The Labute approximate surface area is 191 Å². The van der Waals surface area contributed by atoms with Crippen LogP contribution in [-0.4, -0.2) is 0 Å². The lowest BCUT2D eigenvalue weighted by atomic mass is 9.80. The van der Waals surface area contributed by atoms with Crippen LogP contribution in [0.15, 0.2) is 103 Å². The Kier molecular flexibility index (Phi) is 5.31. The topological polar surface area (TPSA) is 0 Å². The van der Waals surface area contributed by atoms with Crippen LogP contribution in [0.25, 0.3) is 21.5 Å². The summed E-state index contributed by atoms with van der Waals surface area (Å²) in [4.78, 5) is 0. The number of hydrogen-bond donors (Lipinski definition) is 0. The molecule has 0 amide bonds. The molecule has 5 aromatic rings. The van der Waals surface area contributed by atoms with Crippen LogP contribution in [0.4, 0.5) is 0 Å². The lowest BCUT2D eigenvalue weighted by molar-refractivity contribution is 0.583. The first-order valence-electron chi connectivity index (χ1n) is 11.5. The van der Waals surface area contributed by atoms with E-state index in [4.69, 9.17) is 0 Å². The Hall–Kier alpha value is -3.38. The van der Waals surface area contributed by atoms with E-state index in [1.54, 1.807) is 0 Å². The first-order valence-corrected chi connectivity index (χ1v) is 11.5. The molecule has 0 heterocycles. The molecule has 0 saturated heterocycles. The summed E-state index contributed by atoms with van der Waals surface area (Å²) in [6.45, 7) is 6.99. The molecular weight excluding hydrogens is 384 g/mol. The molecule has 0 aliphatic heterocycles. The van der Waals surface area contributed by atoms with Crippen molar-refractivity contribution >= 4 is 21.5 Å². The molecule has 32 heavy (non-hydrogen) atoms. The number of rotatable bonds is 4. The van der Waals surface area contributed by atoms with Crippen LogP contribution in [0.2, 0.25) is 0 Å². The normalized spacial score (nSPS) is 11.8. The van der Waals surface area contributed by atoms with Gasteiger partial charge in [-0.3, -0.25) is 0 Å². The van der Waals surface area contributed by atoms with E-state index < -0.39 is 0 Å². The smallest absolute Gasteiger partial charge is 0.00167 e. The van der Waals surface area contributed by atoms with Crippen molar-refractivity contribution in [3.8, 4) is 0 Å². The molecule has 0 unspecified atom stereocenters. The van der Waals surface area contributed by atoms with Crippen molar-refractivity contribution in [2.45, 2.75) is 39.0 Å². The van der Waals surface area contributed by atoms with Crippen molar-refractivity contribution < 1.29 is 0 Å². The molecular formula is C32H30. The van der Waals surface area contributed by atoms with Gasteiger partial charge in [0.15, 0.2) is 0 Å². The second-order valence-corrected chi connectivity index (χ2v) is 9.87. The standard InChI is InChI=1S/C32H30/c1-32(2,3)31-21-23(20-26-14-8-12-24-10-4-6-16-29(24)26)18-19-28(31)22-27-15-9-13-25-11-5-7-17-30(25)27/h4-19,21H,20,22H2,1-3H3. The van der Waals surface area contributed by atoms with Crippen molar-refractivity contribution in [2.75, 3.05) is 0 Å². The van der Waals surface area contributed by atoms with Crippen LogP contribution in [0, 0.1) is 0 Å². The van der Waals surface area contributed by atoms with E-state index in [-0.39, 0.29) is 5.41 Å². The largest absolute Gasteiger partial charge is 0.0616 e. The Balaban J connectivity index is 1.54. The van der Waals surface area contributed by atoms with E-state index in [9.17, 15) is 0 Å². The molecule has 158 valence electrons. The first-order chi connectivity index (χ1) is 15.5. The quantitative estimate of drug-likeness (QED) is 0.277. The average molecular weight is 415 g/mol. The van der Waals surface area contributed by atoms with Gasteiger partial charge in [-0.05, 0) is 67.6 Å². The van der Waals surface area contributed by atoms with Crippen LogP contribution in [0.3, 0.4) is 0 Å². The highest BCUT2D eigenvalue weighted by molar-refractivity contribution is 5.86. The molecule has 0 saturated carbocycles. The summed E-state index contributed by atoms with van der Waals surface area (Å²) in [5.74, 6) is 0. The molecule has 0 bridgehead atoms. The SMILES string of the molecule is CC(C)(C)c1cc(Cc2cccc3ccccc23)ccc1Cc1cccc2ccccc12. The Morgan fingerprint density at radius 3 is 1.62 bits per heavy atom. The van der Waals surface area contributed by atoms with E-state index >= 15 is 0 Å². The van der Waals surface area contributed by atoms with Crippen LogP contribution in [0.1, 0.15) is 48.6 Å². The molecule has 0 fully saturated rings. The van der Waals surface area contributed by atoms with E-state index in [1.807, 2.05) is 0 Å². The summed E-state index contributed by atoms with van der Waals surface area (Å²) in [6, 6.07) is 37.9. The molecule has 5 aromatic carbocycles. The highest BCUT2D eigenvalue weighted by atomic mass is 14.2. The van der Waals surface area contributed by atoms with Gasteiger partial charge in [0.05, 0.1) is 0 Å². The van der Waals surface area contributed by atoms with Gasteiger partial charge in [0.25, 0.3) is 0 Å². The van der Waals surface area contributed by atoms with Crippen molar-refractivity contribution in [1.29, 1.82) is 0 Å². The van der Waals surface area contributed by atoms with Crippen LogP contribution in [0.5, 0.6) is 0 Å². The molecule has 0 heteroatoms. The van der Waals surface area contributed by atoms with Gasteiger partial charge in [0, 0.05) is 0 Å². The number of fused-ring (bicyclic) bond motifs is 2. The molecule has 0 aromatic heterocycles. The summed E-state index contributed by atoms with van der Waals surface area (Å²) in [5, 5.41) is 5.34. The van der Waals surface area contributed by atoms with Gasteiger partial charge in [-0.2, -0.15) is 0 Å². The van der Waals surface area contributed by atoms with Gasteiger partial charge in [0.1, 0.15) is 0 Å². The van der Waals surface area contributed by atoms with Gasteiger partial charge in [0.2, 0.25) is 0 Å². The maximum absolute atomic E-state index is 2.45. The molecule has 0 spiro atoms. The molecule has 0 radical (unpaired) electrons. The zero-order valence-corrected chi connectivity index (χ0v) is 19.2. The third-order valence-electron chi connectivity index (χ3n) is 6.52. The summed E-state index contributed by atoms with van der Waals surface area (Å²) >= 11 is 0. The van der Waals surface area contributed by atoms with Crippen LogP contribution >= 0.6 is 0 Å². The lowest BCUT2D eigenvalue weighted by Gasteiger charge is -2.24. The molecule has 0 aliphatic rings. The number of hydrogen-bond acceptors (Lipinski definition) is 0.